The maximum atomic E-state index is 11.2. The highest BCUT2D eigenvalue weighted by Gasteiger charge is 2.10. The van der Waals surface area contributed by atoms with Gasteiger partial charge in [-0.3, -0.25) is 0 Å². The van der Waals surface area contributed by atoms with E-state index in [4.69, 9.17) is 11.6 Å². The second-order valence-corrected chi connectivity index (χ2v) is 7.85. The molecule has 0 saturated heterocycles. The molecule has 0 aliphatic carbocycles. The van der Waals surface area contributed by atoms with Gasteiger partial charge in [0.15, 0.2) is 0 Å². The zero-order chi connectivity index (χ0) is 15.3. The third-order valence-electron chi connectivity index (χ3n) is 2.77. The van der Waals surface area contributed by atoms with Gasteiger partial charge in [0.25, 0.3) is 0 Å². The SMILES string of the molecule is CC(C)NCc1nc(N(C)CCS(C)(=O)=O)ccc1Cl. The van der Waals surface area contributed by atoms with Crippen LogP contribution in [0.3, 0.4) is 0 Å². The molecule has 0 amide bonds. The van der Waals surface area contributed by atoms with Crippen LogP contribution in [0.1, 0.15) is 19.5 Å². The molecule has 0 aliphatic rings. The largest absolute Gasteiger partial charge is 0.359 e. The van der Waals surface area contributed by atoms with E-state index in [9.17, 15) is 8.42 Å². The van der Waals surface area contributed by atoms with Gasteiger partial charge in [0.1, 0.15) is 15.7 Å². The van der Waals surface area contributed by atoms with Gasteiger partial charge in [-0.25, -0.2) is 13.4 Å². The zero-order valence-corrected chi connectivity index (χ0v) is 13.9. The van der Waals surface area contributed by atoms with E-state index >= 15 is 0 Å². The molecule has 0 atom stereocenters. The molecule has 0 unspecified atom stereocenters. The number of pyridine rings is 1. The number of sulfone groups is 1. The van der Waals surface area contributed by atoms with Gasteiger partial charge in [-0.15, -0.1) is 0 Å². The smallest absolute Gasteiger partial charge is 0.149 e. The monoisotopic (exact) mass is 319 g/mol. The van der Waals surface area contributed by atoms with Crippen LogP contribution < -0.4 is 10.2 Å². The van der Waals surface area contributed by atoms with E-state index in [1.165, 1.54) is 6.26 Å². The topological polar surface area (TPSA) is 62.3 Å². The lowest BCUT2D eigenvalue weighted by Crippen LogP contribution is -2.27. The molecule has 5 nitrogen and oxygen atoms in total. The molecule has 0 aliphatic heterocycles. The first kappa shape index (κ1) is 17.2. The Labute approximate surface area is 126 Å². The number of nitrogens with zero attached hydrogens (tertiary/aromatic N) is 2. The van der Waals surface area contributed by atoms with Crippen LogP contribution in [0.5, 0.6) is 0 Å². The Hall–Kier alpha value is -0.850. The minimum atomic E-state index is -2.97. The normalized spacial score (nSPS) is 11.9. The molecular formula is C13H22ClN3O2S. The lowest BCUT2D eigenvalue weighted by atomic mass is 10.3. The van der Waals surface area contributed by atoms with Crippen LogP contribution in [0.2, 0.25) is 5.02 Å². The molecule has 114 valence electrons. The van der Waals surface area contributed by atoms with Crippen molar-refractivity contribution in [3.8, 4) is 0 Å². The van der Waals surface area contributed by atoms with Crippen molar-refractivity contribution in [2.45, 2.75) is 26.4 Å². The van der Waals surface area contributed by atoms with Gasteiger partial charge in [-0.1, -0.05) is 25.4 Å². The standard InChI is InChI=1S/C13H22ClN3O2S/c1-10(2)15-9-12-11(14)5-6-13(16-12)17(3)7-8-20(4,18)19/h5-6,10,15H,7-9H2,1-4H3. The molecule has 1 rings (SSSR count). The molecule has 1 aromatic heterocycles. The molecule has 0 spiro atoms. The zero-order valence-electron chi connectivity index (χ0n) is 12.4. The van der Waals surface area contributed by atoms with Crippen molar-refractivity contribution in [3.05, 3.63) is 22.8 Å². The Kier molecular flexibility index (Phi) is 6.23. The summed E-state index contributed by atoms with van der Waals surface area (Å²) in [5.74, 6) is 0.825. The summed E-state index contributed by atoms with van der Waals surface area (Å²) in [5.41, 5.74) is 0.768. The number of hydrogen-bond acceptors (Lipinski definition) is 5. The average molecular weight is 320 g/mol. The Balaban J connectivity index is 2.77. The number of rotatable bonds is 7. The fraction of sp³-hybridized carbons (Fsp3) is 0.615. The van der Waals surface area contributed by atoms with Crippen LogP contribution in [0, 0.1) is 0 Å². The summed E-state index contributed by atoms with van der Waals surface area (Å²) in [4.78, 5) is 6.30. The minimum absolute atomic E-state index is 0.105. The first-order valence-corrected chi connectivity index (χ1v) is 8.90. The second kappa shape index (κ2) is 7.24. The third kappa shape index (κ3) is 6.07. The summed E-state index contributed by atoms with van der Waals surface area (Å²) in [6, 6.07) is 3.93. The highest BCUT2D eigenvalue weighted by Crippen LogP contribution is 2.18. The van der Waals surface area contributed by atoms with E-state index in [1.54, 1.807) is 12.1 Å². The van der Waals surface area contributed by atoms with E-state index < -0.39 is 9.84 Å². The van der Waals surface area contributed by atoms with Crippen LogP contribution in [0.25, 0.3) is 0 Å². The predicted molar refractivity (Wildman–Crippen MR) is 84.2 cm³/mol. The number of nitrogens with one attached hydrogen (secondary N) is 1. The van der Waals surface area contributed by atoms with Crippen molar-refractivity contribution in [1.82, 2.24) is 10.3 Å². The maximum absolute atomic E-state index is 11.2. The molecule has 1 heterocycles. The quantitative estimate of drug-likeness (QED) is 0.829. The highest BCUT2D eigenvalue weighted by atomic mass is 35.5. The van der Waals surface area contributed by atoms with Crippen molar-refractivity contribution < 1.29 is 8.42 Å². The predicted octanol–water partition coefficient (Wildman–Crippen LogP) is 1.71. The Morgan fingerprint density at radius 1 is 1.40 bits per heavy atom. The summed E-state index contributed by atoms with van der Waals surface area (Å²) in [6.45, 7) is 5.10. The molecule has 0 aromatic carbocycles. The van der Waals surface area contributed by atoms with Crippen molar-refractivity contribution >= 4 is 27.3 Å². The van der Waals surface area contributed by atoms with Crippen molar-refractivity contribution in [2.24, 2.45) is 0 Å². The molecule has 1 aromatic rings. The van der Waals surface area contributed by atoms with Crippen molar-refractivity contribution in [2.75, 3.05) is 30.5 Å². The van der Waals surface area contributed by atoms with E-state index in [1.807, 2.05) is 11.9 Å². The molecule has 0 saturated carbocycles. The molecule has 7 heteroatoms. The van der Waals surface area contributed by atoms with Crippen LogP contribution in [0.15, 0.2) is 12.1 Å². The lowest BCUT2D eigenvalue weighted by Gasteiger charge is -2.19. The fourth-order valence-electron chi connectivity index (χ4n) is 1.53. The van der Waals surface area contributed by atoms with E-state index in [0.29, 0.717) is 24.2 Å². The summed E-state index contributed by atoms with van der Waals surface area (Å²) >= 11 is 6.12. The van der Waals surface area contributed by atoms with Gasteiger partial charge >= 0.3 is 0 Å². The molecule has 0 fully saturated rings. The first-order valence-electron chi connectivity index (χ1n) is 6.46. The van der Waals surface area contributed by atoms with E-state index in [-0.39, 0.29) is 5.75 Å². The highest BCUT2D eigenvalue weighted by molar-refractivity contribution is 7.90. The van der Waals surface area contributed by atoms with Crippen LogP contribution in [-0.2, 0) is 16.4 Å². The van der Waals surface area contributed by atoms with Gasteiger partial charge in [-0.05, 0) is 12.1 Å². The fourth-order valence-corrected chi connectivity index (χ4v) is 2.31. The van der Waals surface area contributed by atoms with Crippen molar-refractivity contribution in [1.29, 1.82) is 0 Å². The number of aromatic nitrogens is 1. The van der Waals surface area contributed by atoms with Gasteiger partial charge in [0.2, 0.25) is 0 Å². The van der Waals surface area contributed by atoms with Gasteiger partial charge in [0.05, 0.1) is 16.5 Å². The first-order chi connectivity index (χ1) is 9.19. The summed E-state index contributed by atoms with van der Waals surface area (Å²) in [6.07, 6.45) is 1.23. The lowest BCUT2D eigenvalue weighted by molar-refractivity contribution is 0.581. The molecule has 0 bridgehead atoms. The summed E-state index contributed by atoms with van der Waals surface area (Å²) < 4.78 is 22.4. The Morgan fingerprint density at radius 3 is 2.60 bits per heavy atom. The third-order valence-corrected chi connectivity index (χ3v) is 4.04. The number of anilines is 1. The van der Waals surface area contributed by atoms with Crippen molar-refractivity contribution in [3.63, 3.8) is 0 Å². The van der Waals surface area contributed by atoms with Crippen LogP contribution in [-0.4, -0.2) is 45.0 Å². The number of halogens is 1. The van der Waals surface area contributed by atoms with Gasteiger partial charge < -0.3 is 10.2 Å². The molecule has 1 N–H and O–H groups in total. The Morgan fingerprint density at radius 2 is 2.05 bits per heavy atom. The van der Waals surface area contributed by atoms with E-state index in [2.05, 4.69) is 24.1 Å². The van der Waals surface area contributed by atoms with Crippen LogP contribution >= 0.6 is 11.6 Å². The summed E-state index contributed by atoms with van der Waals surface area (Å²) in [7, 11) is -1.15. The van der Waals surface area contributed by atoms with Gasteiger partial charge in [0, 0.05) is 32.4 Å². The van der Waals surface area contributed by atoms with E-state index in [0.717, 1.165) is 11.5 Å². The molecular weight excluding hydrogens is 298 g/mol. The molecule has 20 heavy (non-hydrogen) atoms. The minimum Gasteiger partial charge on any atom is -0.359 e. The van der Waals surface area contributed by atoms with Gasteiger partial charge in [-0.2, -0.15) is 0 Å². The average Bonchev–Trinajstić information content (AvgIpc) is 2.34. The molecule has 0 radical (unpaired) electrons. The number of hydrogen-bond donors (Lipinski definition) is 1. The Bertz CT molecular complexity index is 547. The maximum Gasteiger partial charge on any atom is 0.149 e. The summed E-state index contributed by atoms with van der Waals surface area (Å²) in [5, 5.41) is 3.87. The second-order valence-electron chi connectivity index (χ2n) is 5.19. The van der Waals surface area contributed by atoms with Crippen LogP contribution in [0.4, 0.5) is 5.82 Å².